The number of thiazole rings is 1. The standard InChI is InChI=1S/C10H7ClN2O3S/c11-9-2-1-8(13(15)16)5-7(9)6-12-3-4-17-10(12)14/h1-5H,6H2. The third kappa shape index (κ3) is 2.54. The molecule has 1 heterocycles. The van der Waals surface area contributed by atoms with E-state index in [1.54, 1.807) is 11.6 Å². The number of non-ortho nitro benzene ring substituents is 1. The molecule has 0 amide bonds. The smallest absolute Gasteiger partial charge is 0.301 e. The highest BCUT2D eigenvalue weighted by molar-refractivity contribution is 7.07. The van der Waals surface area contributed by atoms with E-state index in [4.69, 9.17) is 11.6 Å². The number of aromatic nitrogens is 1. The van der Waals surface area contributed by atoms with E-state index >= 15 is 0 Å². The average Bonchev–Trinajstić information content (AvgIpc) is 2.67. The van der Waals surface area contributed by atoms with Gasteiger partial charge in [0.1, 0.15) is 0 Å². The van der Waals surface area contributed by atoms with Gasteiger partial charge in [0.25, 0.3) is 5.69 Å². The third-order valence-electron chi connectivity index (χ3n) is 2.22. The molecule has 0 fully saturated rings. The van der Waals surface area contributed by atoms with E-state index < -0.39 is 4.92 Å². The second-order valence-corrected chi connectivity index (χ2v) is 4.59. The van der Waals surface area contributed by atoms with Gasteiger partial charge in [-0.2, -0.15) is 0 Å². The fourth-order valence-electron chi connectivity index (χ4n) is 1.39. The van der Waals surface area contributed by atoms with Gasteiger partial charge >= 0.3 is 4.87 Å². The van der Waals surface area contributed by atoms with Crippen LogP contribution < -0.4 is 4.87 Å². The maximum atomic E-state index is 11.4. The molecule has 0 aliphatic rings. The first-order valence-corrected chi connectivity index (χ1v) is 5.90. The van der Waals surface area contributed by atoms with Crippen molar-refractivity contribution in [3.05, 3.63) is 60.1 Å². The Hall–Kier alpha value is -1.66. The molecule has 1 aromatic carbocycles. The highest BCUT2D eigenvalue weighted by Gasteiger charge is 2.10. The zero-order chi connectivity index (χ0) is 12.4. The molecule has 0 bridgehead atoms. The number of nitrogens with zero attached hydrogens (tertiary/aromatic N) is 2. The van der Waals surface area contributed by atoms with Crippen molar-refractivity contribution in [3.63, 3.8) is 0 Å². The predicted octanol–water partition coefficient (Wildman–Crippen LogP) is 2.52. The van der Waals surface area contributed by atoms with Gasteiger partial charge in [0.15, 0.2) is 0 Å². The van der Waals surface area contributed by atoms with Crippen LogP contribution in [-0.2, 0) is 6.54 Å². The lowest BCUT2D eigenvalue weighted by Crippen LogP contribution is -2.12. The SMILES string of the molecule is O=c1sccn1Cc1cc([N+](=O)[O-])ccc1Cl. The normalized spacial score (nSPS) is 10.4. The van der Waals surface area contributed by atoms with Gasteiger partial charge in [-0.1, -0.05) is 22.9 Å². The number of halogens is 1. The molecule has 1 aromatic heterocycles. The molecule has 0 radical (unpaired) electrons. The molecular weight excluding hydrogens is 264 g/mol. The zero-order valence-electron chi connectivity index (χ0n) is 8.50. The third-order valence-corrected chi connectivity index (χ3v) is 3.29. The second-order valence-electron chi connectivity index (χ2n) is 3.33. The molecular formula is C10H7ClN2O3S. The van der Waals surface area contributed by atoms with Crippen LogP contribution in [0.5, 0.6) is 0 Å². The van der Waals surface area contributed by atoms with Crippen LogP contribution in [0.15, 0.2) is 34.6 Å². The minimum Gasteiger partial charge on any atom is -0.301 e. The summed E-state index contributed by atoms with van der Waals surface area (Å²) >= 11 is 7.01. The number of rotatable bonds is 3. The first-order valence-electron chi connectivity index (χ1n) is 4.64. The van der Waals surface area contributed by atoms with Gasteiger partial charge in [-0.25, -0.2) is 0 Å². The van der Waals surface area contributed by atoms with Gasteiger partial charge in [-0.05, 0) is 11.6 Å². The van der Waals surface area contributed by atoms with Gasteiger partial charge in [0, 0.05) is 28.7 Å². The Kier molecular flexibility index (Phi) is 3.26. The molecule has 0 aliphatic heterocycles. The number of nitro groups is 1. The number of nitro benzene ring substituents is 1. The summed E-state index contributed by atoms with van der Waals surface area (Å²) in [5.74, 6) is 0. The average molecular weight is 271 g/mol. The molecule has 2 rings (SSSR count). The quantitative estimate of drug-likeness (QED) is 0.636. The fourth-order valence-corrected chi connectivity index (χ4v) is 2.15. The molecule has 0 spiro atoms. The van der Waals surface area contributed by atoms with Crippen molar-refractivity contribution in [1.82, 2.24) is 4.57 Å². The number of hydrogen-bond acceptors (Lipinski definition) is 4. The van der Waals surface area contributed by atoms with E-state index in [0.717, 1.165) is 11.3 Å². The Bertz CT molecular complexity index is 620. The van der Waals surface area contributed by atoms with E-state index in [0.29, 0.717) is 10.6 Å². The lowest BCUT2D eigenvalue weighted by molar-refractivity contribution is -0.384. The fraction of sp³-hybridized carbons (Fsp3) is 0.100. The van der Waals surface area contributed by atoms with Crippen LogP contribution in [0.4, 0.5) is 5.69 Å². The lowest BCUT2D eigenvalue weighted by atomic mass is 10.2. The van der Waals surface area contributed by atoms with Crippen LogP contribution in [0.3, 0.4) is 0 Å². The van der Waals surface area contributed by atoms with Gasteiger partial charge < -0.3 is 4.57 Å². The molecule has 0 saturated carbocycles. The molecule has 88 valence electrons. The summed E-state index contributed by atoms with van der Waals surface area (Å²) in [5, 5.41) is 12.7. The largest absolute Gasteiger partial charge is 0.307 e. The molecule has 0 N–H and O–H groups in total. The van der Waals surface area contributed by atoms with Crippen molar-refractivity contribution in [3.8, 4) is 0 Å². The van der Waals surface area contributed by atoms with E-state index in [1.807, 2.05) is 0 Å². The monoisotopic (exact) mass is 270 g/mol. The molecule has 0 saturated heterocycles. The summed E-state index contributed by atoms with van der Waals surface area (Å²) in [6.07, 6.45) is 1.63. The highest BCUT2D eigenvalue weighted by atomic mass is 35.5. The Morgan fingerprint density at radius 3 is 2.82 bits per heavy atom. The highest BCUT2D eigenvalue weighted by Crippen LogP contribution is 2.22. The number of benzene rings is 1. The minimum absolute atomic E-state index is 0.0346. The van der Waals surface area contributed by atoms with Crippen molar-refractivity contribution in [2.45, 2.75) is 6.54 Å². The Morgan fingerprint density at radius 1 is 1.47 bits per heavy atom. The van der Waals surface area contributed by atoms with Crippen LogP contribution in [-0.4, -0.2) is 9.49 Å². The van der Waals surface area contributed by atoms with Crippen molar-refractivity contribution in [2.75, 3.05) is 0 Å². The van der Waals surface area contributed by atoms with E-state index in [1.165, 1.54) is 22.8 Å². The Morgan fingerprint density at radius 2 is 2.24 bits per heavy atom. The van der Waals surface area contributed by atoms with E-state index in [-0.39, 0.29) is 17.1 Å². The maximum Gasteiger partial charge on any atom is 0.307 e. The van der Waals surface area contributed by atoms with Gasteiger partial charge in [-0.3, -0.25) is 14.9 Å². The van der Waals surface area contributed by atoms with E-state index in [9.17, 15) is 14.9 Å². The molecule has 7 heteroatoms. The number of hydrogen-bond donors (Lipinski definition) is 0. The summed E-state index contributed by atoms with van der Waals surface area (Å²) < 4.78 is 1.45. The van der Waals surface area contributed by atoms with Crippen molar-refractivity contribution < 1.29 is 4.92 Å². The molecule has 0 aliphatic carbocycles. The maximum absolute atomic E-state index is 11.4. The predicted molar refractivity (Wildman–Crippen MR) is 65.8 cm³/mol. The van der Waals surface area contributed by atoms with Gasteiger partial charge in [-0.15, -0.1) is 0 Å². The van der Waals surface area contributed by atoms with Crippen LogP contribution in [0.1, 0.15) is 5.56 Å². The Balaban J connectivity index is 2.38. The first kappa shape index (κ1) is 11.8. The molecule has 5 nitrogen and oxygen atoms in total. The minimum atomic E-state index is -0.490. The van der Waals surface area contributed by atoms with Crippen molar-refractivity contribution in [2.24, 2.45) is 0 Å². The van der Waals surface area contributed by atoms with Crippen LogP contribution in [0, 0.1) is 10.1 Å². The van der Waals surface area contributed by atoms with E-state index in [2.05, 4.69) is 0 Å². The molecule has 17 heavy (non-hydrogen) atoms. The molecule has 2 aromatic rings. The van der Waals surface area contributed by atoms with Crippen molar-refractivity contribution >= 4 is 28.6 Å². The van der Waals surface area contributed by atoms with Gasteiger partial charge in [0.2, 0.25) is 0 Å². The van der Waals surface area contributed by atoms with Crippen LogP contribution in [0.2, 0.25) is 5.02 Å². The first-order chi connectivity index (χ1) is 8.08. The van der Waals surface area contributed by atoms with Crippen LogP contribution in [0.25, 0.3) is 0 Å². The zero-order valence-corrected chi connectivity index (χ0v) is 10.1. The summed E-state index contributed by atoms with van der Waals surface area (Å²) in [4.78, 5) is 21.4. The summed E-state index contributed by atoms with van der Waals surface area (Å²) in [5.41, 5.74) is 0.522. The molecule has 0 unspecified atom stereocenters. The summed E-state index contributed by atoms with van der Waals surface area (Å²) in [6.45, 7) is 0.239. The van der Waals surface area contributed by atoms with Gasteiger partial charge in [0.05, 0.1) is 11.5 Å². The lowest BCUT2D eigenvalue weighted by Gasteiger charge is -2.04. The Labute approximate surface area is 105 Å². The van der Waals surface area contributed by atoms with Crippen LogP contribution >= 0.6 is 22.9 Å². The summed E-state index contributed by atoms with van der Waals surface area (Å²) in [6, 6.07) is 4.18. The van der Waals surface area contributed by atoms with Crippen molar-refractivity contribution in [1.29, 1.82) is 0 Å². The molecule has 0 atom stereocenters. The topological polar surface area (TPSA) is 65.1 Å². The summed E-state index contributed by atoms with van der Waals surface area (Å²) in [7, 11) is 0. The second kappa shape index (κ2) is 4.68.